The number of nitrogens with one attached hydrogen (secondary N) is 1. The minimum absolute atomic E-state index is 0.231. The lowest BCUT2D eigenvalue weighted by molar-refractivity contribution is -0.383. The Labute approximate surface area is 109 Å². The van der Waals surface area contributed by atoms with Crippen LogP contribution in [0.4, 0.5) is 15.8 Å². The monoisotopic (exact) mass is 263 g/mol. The molecule has 5 nitrogen and oxygen atoms in total. The molecule has 0 saturated heterocycles. The van der Waals surface area contributed by atoms with E-state index in [1.165, 1.54) is 6.20 Å². The molecule has 0 aliphatic carbocycles. The van der Waals surface area contributed by atoms with Crippen molar-refractivity contribution in [2.24, 2.45) is 0 Å². The van der Waals surface area contributed by atoms with Crippen molar-refractivity contribution in [1.29, 1.82) is 0 Å². The SMILES string of the molecule is CCCCNc1c(F)cc([N+](=O)[O-])c2cccnc12. The molecule has 0 bridgehead atoms. The molecule has 1 aromatic carbocycles. The van der Waals surface area contributed by atoms with E-state index < -0.39 is 10.7 Å². The highest BCUT2D eigenvalue weighted by Crippen LogP contribution is 2.32. The average Bonchev–Trinajstić information content (AvgIpc) is 2.40. The van der Waals surface area contributed by atoms with E-state index in [4.69, 9.17) is 0 Å². The van der Waals surface area contributed by atoms with Crippen molar-refractivity contribution in [3.63, 3.8) is 0 Å². The standard InChI is InChI=1S/C13H14FN3O2/c1-2-3-6-16-13-10(14)8-11(17(18)19)9-5-4-7-15-12(9)13/h4-5,7-8,16H,2-3,6H2,1H3. The van der Waals surface area contributed by atoms with Gasteiger partial charge < -0.3 is 5.32 Å². The first-order valence-corrected chi connectivity index (χ1v) is 6.10. The van der Waals surface area contributed by atoms with E-state index in [0.29, 0.717) is 17.4 Å². The molecule has 0 saturated carbocycles. The molecule has 0 aliphatic heterocycles. The third kappa shape index (κ3) is 2.62. The van der Waals surface area contributed by atoms with Gasteiger partial charge in [-0.05, 0) is 18.6 Å². The number of halogens is 1. The van der Waals surface area contributed by atoms with Gasteiger partial charge in [-0.2, -0.15) is 0 Å². The van der Waals surface area contributed by atoms with Crippen LogP contribution >= 0.6 is 0 Å². The molecule has 6 heteroatoms. The topological polar surface area (TPSA) is 68.1 Å². The third-order valence-electron chi connectivity index (χ3n) is 2.85. The minimum atomic E-state index is -0.644. The predicted molar refractivity (Wildman–Crippen MR) is 71.8 cm³/mol. The Morgan fingerprint density at radius 1 is 1.53 bits per heavy atom. The zero-order valence-corrected chi connectivity index (χ0v) is 10.5. The normalized spacial score (nSPS) is 10.6. The third-order valence-corrected chi connectivity index (χ3v) is 2.85. The fourth-order valence-corrected chi connectivity index (χ4v) is 1.90. The Hall–Kier alpha value is -2.24. The van der Waals surface area contributed by atoms with Gasteiger partial charge in [0.15, 0.2) is 5.82 Å². The van der Waals surface area contributed by atoms with E-state index in [0.717, 1.165) is 18.9 Å². The largest absolute Gasteiger partial charge is 0.381 e. The molecule has 0 radical (unpaired) electrons. The molecule has 1 N–H and O–H groups in total. The first-order chi connectivity index (χ1) is 9.15. The van der Waals surface area contributed by atoms with Gasteiger partial charge in [-0.1, -0.05) is 13.3 Å². The van der Waals surface area contributed by atoms with Crippen LogP contribution in [-0.2, 0) is 0 Å². The van der Waals surface area contributed by atoms with Gasteiger partial charge in [0, 0.05) is 12.7 Å². The summed E-state index contributed by atoms with van der Waals surface area (Å²) in [5.74, 6) is -0.644. The van der Waals surface area contributed by atoms with Crippen LogP contribution in [-0.4, -0.2) is 16.5 Å². The highest BCUT2D eigenvalue weighted by Gasteiger charge is 2.19. The van der Waals surface area contributed by atoms with E-state index in [-0.39, 0.29) is 11.4 Å². The summed E-state index contributed by atoms with van der Waals surface area (Å²) in [6.45, 7) is 2.64. The van der Waals surface area contributed by atoms with Gasteiger partial charge in [0.1, 0.15) is 5.52 Å². The lowest BCUT2D eigenvalue weighted by Gasteiger charge is -2.10. The Kier molecular flexibility index (Phi) is 3.89. The smallest absolute Gasteiger partial charge is 0.281 e. The fourth-order valence-electron chi connectivity index (χ4n) is 1.90. The number of rotatable bonds is 5. The highest BCUT2D eigenvalue weighted by molar-refractivity contribution is 5.97. The number of nitro groups is 1. The van der Waals surface area contributed by atoms with Gasteiger partial charge in [-0.3, -0.25) is 15.1 Å². The lowest BCUT2D eigenvalue weighted by atomic mass is 10.1. The van der Waals surface area contributed by atoms with Crippen molar-refractivity contribution in [3.05, 3.63) is 40.3 Å². The zero-order valence-electron chi connectivity index (χ0n) is 10.5. The van der Waals surface area contributed by atoms with Crippen LogP contribution in [0.1, 0.15) is 19.8 Å². The van der Waals surface area contributed by atoms with Crippen LogP contribution in [0.2, 0.25) is 0 Å². The van der Waals surface area contributed by atoms with E-state index in [9.17, 15) is 14.5 Å². The summed E-state index contributed by atoms with van der Waals surface area (Å²) in [6, 6.07) is 4.12. The van der Waals surface area contributed by atoms with Crippen molar-refractivity contribution in [3.8, 4) is 0 Å². The summed E-state index contributed by atoms with van der Waals surface area (Å²) in [4.78, 5) is 14.4. The molecule has 0 fully saturated rings. The molecule has 100 valence electrons. The van der Waals surface area contributed by atoms with Gasteiger partial charge in [0.2, 0.25) is 0 Å². The maximum Gasteiger partial charge on any atom is 0.281 e. The summed E-state index contributed by atoms with van der Waals surface area (Å²) in [7, 11) is 0. The Morgan fingerprint density at radius 2 is 2.32 bits per heavy atom. The summed E-state index contributed by atoms with van der Waals surface area (Å²) >= 11 is 0. The number of anilines is 1. The second-order valence-corrected chi connectivity index (χ2v) is 4.19. The van der Waals surface area contributed by atoms with Crippen molar-refractivity contribution < 1.29 is 9.31 Å². The molecule has 0 spiro atoms. The molecular weight excluding hydrogens is 249 g/mol. The number of unbranched alkanes of at least 4 members (excludes halogenated alkanes) is 1. The summed E-state index contributed by atoms with van der Waals surface area (Å²) < 4.78 is 14.0. The summed E-state index contributed by atoms with van der Waals surface area (Å²) in [5, 5.41) is 14.2. The number of fused-ring (bicyclic) bond motifs is 1. The van der Waals surface area contributed by atoms with Gasteiger partial charge in [0.25, 0.3) is 5.69 Å². The summed E-state index contributed by atoms with van der Waals surface area (Å²) in [6.07, 6.45) is 3.37. The van der Waals surface area contributed by atoms with Gasteiger partial charge >= 0.3 is 0 Å². The molecule has 0 atom stereocenters. The van der Waals surface area contributed by atoms with E-state index in [1.807, 2.05) is 6.92 Å². The number of nitro benzene ring substituents is 1. The van der Waals surface area contributed by atoms with Crippen LogP contribution in [0.3, 0.4) is 0 Å². The van der Waals surface area contributed by atoms with Crippen LogP contribution in [0.5, 0.6) is 0 Å². The molecule has 1 heterocycles. The molecular formula is C13H14FN3O2. The Balaban J connectivity index is 2.55. The first kappa shape index (κ1) is 13.2. The molecule has 19 heavy (non-hydrogen) atoms. The fraction of sp³-hybridized carbons (Fsp3) is 0.308. The van der Waals surface area contributed by atoms with Gasteiger partial charge in [-0.15, -0.1) is 0 Å². The van der Waals surface area contributed by atoms with Crippen molar-refractivity contribution in [2.75, 3.05) is 11.9 Å². The molecule has 2 aromatic rings. The number of hydrogen-bond donors (Lipinski definition) is 1. The number of pyridine rings is 1. The number of nitrogens with zero attached hydrogens (tertiary/aromatic N) is 2. The van der Waals surface area contributed by atoms with E-state index >= 15 is 0 Å². The van der Waals surface area contributed by atoms with Gasteiger partial charge in [-0.25, -0.2) is 4.39 Å². The minimum Gasteiger partial charge on any atom is -0.381 e. The molecule has 0 amide bonds. The number of non-ortho nitro benzene ring substituents is 1. The second kappa shape index (κ2) is 5.60. The highest BCUT2D eigenvalue weighted by atomic mass is 19.1. The maximum atomic E-state index is 14.0. The molecule has 1 aromatic heterocycles. The van der Waals surface area contributed by atoms with Crippen LogP contribution in [0.15, 0.2) is 24.4 Å². The number of hydrogen-bond acceptors (Lipinski definition) is 4. The van der Waals surface area contributed by atoms with Crippen LogP contribution in [0, 0.1) is 15.9 Å². The van der Waals surface area contributed by atoms with Crippen molar-refractivity contribution >= 4 is 22.3 Å². The summed E-state index contributed by atoms with van der Waals surface area (Å²) in [5.41, 5.74) is 0.265. The van der Waals surface area contributed by atoms with E-state index in [2.05, 4.69) is 10.3 Å². The molecule has 0 unspecified atom stereocenters. The van der Waals surface area contributed by atoms with Crippen molar-refractivity contribution in [2.45, 2.75) is 19.8 Å². The molecule has 0 aliphatic rings. The average molecular weight is 263 g/mol. The maximum absolute atomic E-state index is 14.0. The number of aromatic nitrogens is 1. The first-order valence-electron chi connectivity index (χ1n) is 6.10. The van der Waals surface area contributed by atoms with Crippen molar-refractivity contribution in [1.82, 2.24) is 4.98 Å². The van der Waals surface area contributed by atoms with E-state index in [1.54, 1.807) is 12.1 Å². The quantitative estimate of drug-likeness (QED) is 0.509. The predicted octanol–water partition coefficient (Wildman–Crippen LogP) is 3.49. The second-order valence-electron chi connectivity index (χ2n) is 4.19. The zero-order chi connectivity index (χ0) is 13.8. The molecule has 2 rings (SSSR count). The number of benzene rings is 1. The lowest BCUT2D eigenvalue weighted by Crippen LogP contribution is -2.05. The van der Waals surface area contributed by atoms with Crippen LogP contribution < -0.4 is 5.32 Å². The van der Waals surface area contributed by atoms with Crippen LogP contribution in [0.25, 0.3) is 10.9 Å². The van der Waals surface area contributed by atoms with Gasteiger partial charge in [0.05, 0.1) is 22.1 Å². The Bertz CT molecular complexity index is 616. The Morgan fingerprint density at radius 3 is 3.00 bits per heavy atom.